The molecular formula is C32H56O8. The molecule has 0 aromatic heterocycles. The van der Waals surface area contributed by atoms with E-state index in [1.807, 2.05) is 0 Å². The molecule has 0 aromatic carbocycles. The number of carbonyl (C=O) groups excluding carboxylic acids is 4. The van der Waals surface area contributed by atoms with Gasteiger partial charge in [-0.25, -0.2) is 19.2 Å². The SMILES string of the molecule is C=CC(=O)OCCCCC.C=CC(=O)OCCCCC.C=CC(=O)OCCCCC.C=CC(=O)OCCCCC. The zero-order valence-corrected chi connectivity index (χ0v) is 25.7. The lowest BCUT2D eigenvalue weighted by molar-refractivity contribution is -0.138. The molecule has 0 amide bonds. The van der Waals surface area contributed by atoms with Gasteiger partial charge in [0.05, 0.1) is 26.4 Å². The third kappa shape index (κ3) is 48.0. The number of hydrogen-bond donors (Lipinski definition) is 0. The van der Waals surface area contributed by atoms with Crippen LogP contribution in [0.4, 0.5) is 0 Å². The minimum atomic E-state index is -0.323. The van der Waals surface area contributed by atoms with E-state index < -0.39 is 0 Å². The van der Waals surface area contributed by atoms with Crippen molar-refractivity contribution in [2.45, 2.75) is 105 Å². The molecular weight excluding hydrogens is 512 g/mol. The van der Waals surface area contributed by atoms with Gasteiger partial charge in [0.1, 0.15) is 0 Å². The normalized spacial score (nSPS) is 8.90. The Kier molecular flexibility index (Phi) is 44.2. The predicted octanol–water partition coefficient (Wildman–Crippen LogP) is 7.62. The number of carbonyl (C=O) groups is 4. The van der Waals surface area contributed by atoms with Crippen LogP contribution in [-0.2, 0) is 38.1 Å². The summed E-state index contributed by atoms with van der Waals surface area (Å²) in [5, 5.41) is 0. The summed E-state index contributed by atoms with van der Waals surface area (Å²) < 4.78 is 18.9. The molecule has 0 rings (SSSR count). The molecule has 8 heteroatoms. The Hall–Kier alpha value is -3.16. The number of hydrogen-bond acceptors (Lipinski definition) is 8. The molecule has 0 aliphatic rings. The summed E-state index contributed by atoms with van der Waals surface area (Å²) in [4.78, 5) is 41.7. The highest BCUT2D eigenvalue weighted by molar-refractivity contribution is 5.82. The van der Waals surface area contributed by atoms with Crippen molar-refractivity contribution in [3.05, 3.63) is 50.6 Å². The van der Waals surface area contributed by atoms with E-state index in [0.717, 1.165) is 77.0 Å². The first-order chi connectivity index (χ1) is 19.2. The molecule has 0 spiro atoms. The molecule has 0 fully saturated rings. The van der Waals surface area contributed by atoms with E-state index in [4.69, 9.17) is 18.9 Å². The standard InChI is InChI=1S/4C8H14O2/c4*1-3-5-6-7-10-8(9)4-2/h4*4H,2-3,5-7H2,1H3. The topological polar surface area (TPSA) is 105 Å². The van der Waals surface area contributed by atoms with Crippen LogP contribution in [-0.4, -0.2) is 50.3 Å². The van der Waals surface area contributed by atoms with Gasteiger partial charge in [0.25, 0.3) is 0 Å². The fourth-order valence-corrected chi connectivity index (χ4v) is 2.33. The highest BCUT2D eigenvalue weighted by atomic mass is 16.5. The van der Waals surface area contributed by atoms with Crippen molar-refractivity contribution in [2.24, 2.45) is 0 Å². The van der Waals surface area contributed by atoms with E-state index in [2.05, 4.69) is 54.0 Å². The molecule has 0 aliphatic heterocycles. The van der Waals surface area contributed by atoms with Gasteiger partial charge in [0.2, 0.25) is 0 Å². The zero-order valence-electron chi connectivity index (χ0n) is 25.7. The molecule has 0 saturated carbocycles. The highest BCUT2D eigenvalue weighted by Crippen LogP contribution is 1.96. The highest BCUT2D eigenvalue weighted by Gasteiger charge is 1.95. The Balaban J connectivity index is -0.000000216. The molecule has 8 nitrogen and oxygen atoms in total. The van der Waals surface area contributed by atoms with Crippen LogP contribution in [0.5, 0.6) is 0 Å². The smallest absolute Gasteiger partial charge is 0.330 e. The summed E-state index contributed by atoms with van der Waals surface area (Å²) in [6.07, 6.45) is 17.6. The summed E-state index contributed by atoms with van der Waals surface area (Å²) in [7, 11) is 0. The van der Waals surface area contributed by atoms with Gasteiger partial charge in [0, 0.05) is 24.3 Å². The number of ether oxygens (including phenoxy) is 4. The molecule has 0 N–H and O–H groups in total. The fraction of sp³-hybridized carbons (Fsp3) is 0.625. The lowest BCUT2D eigenvalue weighted by Crippen LogP contribution is -2.01. The largest absolute Gasteiger partial charge is 0.463 e. The summed E-state index contributed by atoms with van der Waals surface area (Å²) in [5.74, 6) is -1.29. The summed E-state index contributed by atoms with van der Waals surface area (Å²) in [6.45, 7) is 23.7. The Bertz CT molecular complexity index is 543. The van der Waals surface area contributed by atoms with Crippen LogP contribution in [0.2, 0.25) is 0 Å². The van der Waals surface area contributed by atoms with Gasteiger partial charge < -0.3 is 18.9 Å². The third-order valence-electron chi connectivity index (χ3n) is 4.64. The molecule has 0 heterocycles. The maximum atomic E-state index is 10.4. The number of rotatable bonds is 20. The lowest BCUT2D eigenvalue weighted by Gasteiger charge is -1.98. The first-order valence-corrected chi connectivity index (χ1v) is 14.4. The maximum absolute atomic E-state index is 10.4. The van der Waals surface area contributed by atoms with Gasteiger partial charge >= 0.3 is 23.9 Å². The van der Waals surface area contributed by atoms with E-state index in [1.54, 1.807) is 0 Å². The minimum Gasteiger partial charge on any atom is -0.463 e. The molecule has 0 bridgehead atoms. The van der Waals surface area contributed by atoms with Crippen LogP contribution >= 0.6 is 0 Å². The summed E-state index contributed by atoms with van der Waals surface area (Å²) >= 11 is 0. The quantitative estimate of drug-likeness (QED) is 0.0639. The van der Waals surface area contributed by atoms with Gasteiger partial charge in [-0.15, -0.1) is 0 Å². The molecule has 0 radical (unpaired) electrons. The van der Waals surface area contributed by atoms with Crippen LogP contribution in [0, 0.1) is 0 Å². The molecule has 0 aliphatic carbocycles. The average Bonchev–Trinajstić information content (AvgIpc) is 2.98. The summed E-state index contributed by atoms with van der Waals surface area (Å²) in [6, 6.07) is 0. The fourth-order valence-electron chi connectivity index (χ4n) is 2.33. The van der Waals surface area contributed by atoms with E-state index in [9.17, 15) is 19.2 Å². The van der Waals surface area contributed by atoms with Crippen LogP contribution in [0.25, 0.3) is 0 Å². The first kappa shape index (κ1) is 43.9. The Labute approximate surface area is 243 Å². The minimum absolute atomic E-state index is 0.323. The monoisotopic (exact) mass is 568 g/mol. The average molecular weight is 569 g/mol. The second-order valence-corrected chi connectivity index (χ2v) is 8.31. The van der Waals surface area contributed by atoms with Crippen molar-refractivity contribution in [1.29, 1.82) is 0 Å². The second-order valence-electron chi connectivity index (χ2n) is 8.31. The van der Waals surface area contributed by atoms with Gasteiger partial charge in [-0.05, 0) is 25.7 Å². The Morgan fingerprint density at radius 3 is 0.700 bits per heavy atom. The van der Waals surface area contributed by atoms with Gasteiger partial charge in [-0.2, -0.15) is 0 Å². The third-order valence-corrected chi connectivity index (χ3v) is 4.64. The molecule has 0 saturated heterocycles. The molecule has 0 aromatic rings. The maximum Gasteiger partial charge on any atom is 0.330 e. The van der Waals surface area contributed by atoms with E-state index in [-0.39, 0.29) is 23.9 Å². The second kappa shape index (κ2) is 40.3. The Morgan fingerprint density at radius 2 is 0.575 bits per heavy atom. The molecule has 0 unspecified atom stereocenters. The van der Waals surface area contributed by atoms with Gasteiger partial charge in [0.15, 0.2) is 0 Å². The van der Waals surface area contributed by atoms with Crippen molar-refractivity contribution < 1.29 is 38.1 Å². The van der Waals surface area contributed by atoms with E-state index >= 15 is 0 Å². The van der Waals surface area contributed by atoms with Crippen molar-refractivity contribution in [3.8, 4) is 0 Å². The van der Waals surface area contributed by atoms with Crippen molar-refractivity contribution in [3.63, 3.8) is 0 Å². The van der Waals surface area contributed by atoms with Crippen LogP contribution < -0.4 is 0 Å². The van der Waals surface area contributed by atoms with Crippen LogP contribution in [0.1, 0.15) is 105 Å². The predicted molar refractivity (Wildman–Crippen MR) is 163 cm³/mol. The molecule has 232 valence electrons. The first-order valence-electron chi connectivity index (χ1n) is 14.4. The molecule has 0 atom stereocenters. The van der Waals surface area contributed by atoms with Crippen molar-refractivity contribution in [2.75, 3.05) is 26.4 Å². The molecule has 40 heavy (non-hydrogen) atoms. The number of unbranched alkanes of at least 4 members (excludes halogenated alkanes) is 8. The van der Waals surface area contributed by atoms with Gasteiger partial charge in [-0.1, -0.05) is 105 Å². The van der Waals surface area contributed by atoms with Crippen LogP contribution in [0.15, 0.2) is 50.6 Å². The van der Waals surface area contributed by atoms with Crippen molar-refractivity contribution in [1.82, 2.24) is 0 Å². The number of esters is 4. The van der Waals surface area contributed by atoms with Gasteiger partial charge in [-0.3, -0.25) is 0 Å². The van der Waals surface area contributed by atoms with E-state index in [1.165, 1.54) is 24.3 Å². The van der Waals surface area contributed by atoms with Crippen molar-refractivity contribution >= 4 is 23.9 Å². The summed E-state index contributed by atoms with van der Waals surface area (Å²) in [5.41, 5.74) is 0. The van der Waals surface area contributed by atoms with Crippen LogP contribution in [0.3, 0.4) is 0 Å². The lowest BCUT2D eigenvalue weighted by atomic mass is 10.3. The van der Waals surface area contributed by atoms with E-state index in [0.29, 0.717) is 26.4 Å². The zero-order chi connectivity index (χ0) is 31.3. The Morgan fingerprint density at radius 1 is 0.400 bits per heavy atom.